The van der Waals surface area contributed by atoms with Crippen molar-refractivity contribution in [2.24, 2.45) is 0 Å². The second-order valence-electron chi connectivity index (χ2n) is 6.97. The largest absolute Gasteiger partial charge is 0.489 e. The number of nitrogens with one attached hydrogen (secondary N) is 1. The molecule has 7 heteroatoms. The van der Waals surface area contributed by atoms with E-state index in [1.165, 1.54) is 12.1 Å². The van der Waals surface area contributed by atoms with Crippen molar-refractivity contribution >= 4 is 11.7 Å². The molecular weight excluding hydrogens is 363 g/mol. The van der Waals surface area contributed by atoms with Gasteiger partial charge in [0.2, 0.25) is 0 Å². The summed E-state index contributed by atoms with van der Waals surface area (Å²) in [5, 5.41) is 2.90. The van der Waals surface area contributed by atoms with Gasteiger partial charge in [0.05, 0.1) is 13.2 Å². The van der Waals surface area contributed by atoms with Crippen LogP contribution in [0.15, 0.2) is 48.5 Å². The molecule has 2 aromatic carbocycles. The van der Waals surface area contributed by atoms with Gasteiger partial charge in [-0.2, -0.15) is 0 Å². The molecule has 2 aliphatic rings. The summed E-state index contributed by atoms with van der Waals surface area (Å²) in [6.45, 7) is 2.66. The van der Waals surface area contributed by atoms with Crippen molar-refractivity contribution in [2.75, 3.05) is 31.6 Å². The SMILES string of the molecule is O=C(Nc1cccc(OCc2cccc(F)c2)c1)N1CCC2(CC1)OCCO2. The van der Waals surface area contributed by atoms with E-state index < -0.39 is 5.79 Å². The summed E-state index contributed by atoms with van der Waals surface area (Å²) in [7, 11) is 0. The molecule has 0 unspecified atom stereocenters. The van der Waals surface area contributed by atoms with Crippen molar-refractivity contribution in [1.29, 1.82) is 0 Å². The Morgan fingerprint density at radius 2 is 1.86 bits per heavy atom. The molecule has 2 heterocycles. The topological polar surface area (TPSA) is 60.0 Å². The van der Waals surface area contributed by atoms with Crippen LogP contribution in [0.25, 0.3) is 0 Å². The van der Waals surface area contributed by atoms with Gasteiger partial charge in [0.25, 0.3) is 0 Å². The van der Waals surface area contributed by atoms with E-state index in [2.05, 4.69) is 5.32 Å². The van der Waals surface area contributed by atoms with Gasteiger partial charge in [-0.25, -0.2) is 9.18 Å². The molecular formula is C21H23FN2O4. The minimum atomic E-state index is -0.499. The molecule has 0 atom stereocenters. The molecule has 4 rings (SSSR count). The van der Waals surface area contributed by atoms with Crippen LogP contribution in [-0.4, -0.2) is 43.0 Å². The van der Waals surface area contributed by atoms with Gasteiger partial charge in [-0.05, 0) is 29.8 Å². The first-order valence-electron chi connectivity index (χ1n) is 9.43. The maximum atomic E-state index is 13.3. The number of piperidine rings is 1. The number of benzene rings is 2. The predicted molar refractivity (Wildman–Crippen MR) is 102 cm³/mol. The molecule has 0 saturated carbocycles. The Morgan fingerprint density at radius 3 is 2.61 bits per heavy atom. The minimum Gasteiger partial charge on any atom is -0.489 e. The van der Waals surface area contributed by atoms with Crippen molar-refractivity contribution in [3.63, 3.8) is 0 Å². The summed E-state index contributed by atoms with van der Waals surface area (Å²) in [6.07, 6.45) is 1.36. The van der Waals surface area contributed by atoms with Crippen LogP contribution < -0.4 is 10.1 Å². The second kappa shape index (κ2) is 8.16. The van der Waals surface area contributed by atoms with Gasteiger partial charge in [0, 0.05) is 37.7 Å². The third kappa shape index (κ3) is 4.43. The monoisotopic (exact) mass is 386 g/mol. The summed E-state index contributed by atoms with van der Waals surface area (Å²) < 4.78 is 30.4. The highest BCUT2D eigenvalue weighted by atomic mass is 19.1. The highest BCUT2D eigenvalue weighted by Crippen LogP contribution is 2.31. The maximum Gasteiger partial charge on any atom is 0.321 e. The average Bonchev–Trinajstić information content (AvgIpc) is 3.15. The van der Waals surface area contributed by atoms with E-state index in [1.807, 2.05) is 12.1 Å². The fraction of sp³-hybridized carbons (Fsp3) is 0.381. The number of hydrogen-bond acceptors (Lipinski definition) is 4. The zero-order chi connectivity index (χ0) is 19.4. The quantitative estimate of drug-likeness (QED) is 0.869. The zero-order valence-electron chi connectivity index (χ0n) is 15.5. The van der Waals surface area contributed by atoms with Crippen LogP contribution in [0.3, 0.4) is 0 Å². The smallest absolute Gasteiger partial charge is 0.321 e. The highest BCUT2D eigenvalue weighted by molar-refractivity contribution is 5.89. The minimum absolute atomic E-state index is 0.157. The van der Waals surface area contributed by atoms with Crippen LogP contribution in [-0.2, 0) is 16.1 Å². The number of ether oxygens (including phenoxy) is 3. The second-order valence-corrected chi connectivity index (χ2v) is 6.97. The van der Waals surface area contributed by atoms with Crippen molar-refractivity contribution in [3.05, 3.63) is 59.9 Å². The average molecular weight is 386 g/mol. The van der Waals surface area contributed by atoms with Crippen molar-refractivity contribution in [2.45, 2.75) is 25.2 Å². The Labute approximate surface area is 163 Å². The van der Waals surface area contributed by atoms with Gasteiger partial charge < -0.3 is 24.4 Å². The third-order valence-electron chi connectivity index (χ3n) is 5.01. The number of rotatable bonds is 4. The molecule has 0 aliphatic carbocycles. The Balaban J connectivity index is 1.31. The third-order valence-corrected chi connectivity index (χ3v) is 5.01. The van der Waals surface area contributed by atoms with E-state index in [4.69, 9.17) is 14.2 Å². The molecule has 0 aromatic heterocycles. The lowest BCUT2D eigenvalue weighted by atomic mass is 10.0. The van der Waals surface area contributed by atoms with Crippen LogP contribution in [0.2, 0.25) is 0 Å². The standard InChI is InChI=1S/C21H23FN2O4/c22-17-4-1-3-16(13-17)15-26-19-6-2-5-18(14-19)23-20(25)24-9-7-21(8-10-24)27-11-12-28-21/h1-6,13-14H,7-12,15H2,(H,23,25). The summed E-state index contributed by atoms with van der Waals surface area (Å²) >= 11 is 0. The lowest BCUT2D eigenvalue weighted by Crippen LogP contribution is -2.48. The van der Waals surface area contributed by atoms with Gasteiger partial charge in [-0.1, -0.05) is 18.2 Å². The van der Waals surface area contributed by atoms with Crippen LogP contribution in [0.4, 0.5) is 14.9 Å². The fourth-order valence-corrected chi connectivity index (χ4v) is 3.50. The molecule has 1 spiro atoms. The Bertz CT molecular complexity index is 829. The zero-order valence-corrected chi connectivity index (χ0v) is 15.5. The normalized spacial score (nSPS) is 18.2. The number of likely N-dealkylation sites (tertiary alicyclic amines) is 1. The molecule has 148 valence electrons. The van der Waals surface area contributed by atoms with E-state index in [-0.39, 0.29) is 18.5 Å². The van der Waals surface area contributed by atoms with Crippen molar-refractivity contribution in [3.8, 4) is 5.75 Å². The number of carbonyl (C=O) groups excluding carboxylic acids is 1. The Hall–Kier alpha value is -2.64. The molecule has 0 bridgehead atoms. The molecule has 6 nitrogen and oxygen atoms in total. The molecule has 2 aliphatic heterocycles. The van der Waals surface area contributed by atoms with Gasteiger partial charge >= 0.3 is 6.03 Å². The summed E-state index contributed by atoms with van der Waals surface area (Å²) in [5.41, 5.74) is 1.39. The molecule has 28 heavy (non-hydrogen) atoms. The number of amides is 2. The van der Waals surface area contributed by atoms with Crippen molar-refractivity contribution < 1.29 is 23.4 Å². The molecule has 2 fully saturated rings. The van der Waals surface area contributed by atoms with E-state index in [0.717, 1.165) is 5.56 Å². The molecule has 2 aromatic rings. The summed E-state index contributed by atoms with van der Waals surface area (Å²) in [5.74, 6) is -0.187. The Morgan fingerprint density at radius 1 is 1.11 bits per heavy atom. The van der Waals surface area contributed by atoms with Gasteiger partial charge in [0.15, 0.2) is 5.79 Å². The first-order valence-corrected chi connectivity index (χ1v) is 9.43. The fourth-order valence-electron chi connectivity index (χ4n) is 3.50. The number of urea groups is 1. The maximum absolute atomic E-state index is 13.3. The van der Waals surface area contributed by atoms with E-state index >= 15 is 0 Å². The lowest BCUT2D eigenvalue weighted by molar-refractivity contribution is -0.181. The molecule has 1 N–H and O–H groups in total. The van der Waals surface area contributed by atoms with Gasteiger partial charge in [-0.3, -0.25) is 0 Å². The predicted octanol–water partition coefficient (Wildman–Crippen LogP) is 3.78. The number of anilines is 1. The van der Waals surface area contributed by atoms with E-state index in [0.29, 0.717) is 50.6 Å². The first-order chi connectivity index (χ1) is 13.6. The van der Waals surface area contributed by atoms with Crippen LogP contribution >= 0.6 is 0 Å². The van der Waals surface area contributed by atoms with Crippen LogP contribution in [0, 0.1) is 5.82 Å². The summed E-state index contributed by atoms with van der Waals surface area (Å²) in [4.78, 5) is 14.3. The number of nitrogens with zero attached hydrogens (tertiary/aromatic N) is 1. The number of carbonyl (C=O) groups is 1. The van der Waals surface area contributed by atoms with Gasteiger partial charge in [-0.15, -0.1) is 0 Å². The van der Waals surface area contributed by atoms with Crippen molar-refractivity contribution in [1.82, 2.24) is 4.90 Å². The lowest BCUT2D eigenvalue weighted by Gasteiger charge is -2.37. The van der Waals surface area contributed by atoms with Gasteiger partial charge in [0.1, 0.15) is 18.2 Å². The van der Waals surface area contributed by atoms with Crippen LogP contribution in [0.1, 0.15) is 18.4 Å². The molecule has 2 amide bonds. The molecule has 0 radical (unpaired) electrons. The van der Waals surface area contributed by atoms with Crippen LogP contribution in [0.5, 0.6) is 5.75 Å². The summed E-state index contributed by atoms with van der Waals surface area (Å²) in [6, 6.07) is 13.3. The number of halogens is 1. The highest BCUT2D eigenvalue weighted by Gasteiger charge is 2.40. The van der Waals surface area contributed by atoms with E-state index in [9.17, 15) is 9.18 Å². The van der Waals surface area contributed by atoms with E-state index in [1.54, 1.807) is 29.2 Å². The first kappa shape index (κ1) is 18.7. The Kier molecular flexibility index (Phi) is 5.45. The number of hydrogen-bond donors (Lipinski definition) is 1. The molecule has 2 saturated heterocycles.